The first-order chi connectivity index (χ1) is 37.5. The third kappa shape index (κ3) is 7.04. The van der Waals surface area contributed by atoms with Gasteiger partial charge in [-0.15, -0.1) is 0 Å². The van der Waals surface area contributed by atoms with E-state index in [1.165, 1.54) is 36.0 Å². The molecule has 3 heterocycles. The van der Waals surface area contributed by atoms with Crippen molar-refractivity contribution in [3.05, 3.63) is 173 Å². The molecule has 72 heavy (non-hydrogen) atoms. The van der Waals surface area contributed by atoms with Crippen LogP contribution in [0.15, 0.2) is 144 Å². The Bertz CT molecular complexity index is 3860. The summed E-state index contributed by atoms with van der Waals surface area (Å²) < 4.78 is 75.7. The molecule has 5 aliphatic rings. The normalized spacial score (nSPS) is 18.6. The molecule has 13 rings (SSSR count). The fourth-order valence-electron chi connectivity index (χ4n) is 13.4. The Morgan fingerprint density at radius 1 is 0.569 bits per heavy atom. The van der Waals surface area contributed by atoms with Crippen LogP contribution in [0.25, 0.3) is 33.2 Å². The average molecular weight is 950 g/mol. The van der Waals surface area contributed by atoms with Gasteiger partial charge in [-0.25, -0.2) is 0 Å². The number of nitrogens with zero attached hydrogens (tertiary/aromatic N) is 2. The van der Waals surface area contributed by atoms with Crippen LogP contribution in [0.4, 0.5) is 34.1 Å². The molecular formula is C68H71BN2O. The van der Waals surface area contributed by atoms with Crippen molar-refractivity contribution in [1.82, 2.24) is 0 Å². The van der Waals surface area contributed by atoms with E-state index in [1.54, 1.807) is 0 Å². The highest BCUT2D eigenvalue weighted by Crippen LogP contribution is 2.60. The zero-order chi connectivity index (χ0) is 55.6. The highest BCUT2D eigenvalue weighted by Gasteiger charge is 2.50. The van der Waals surface area contributed by atoms with Crippen LogP contribution in [-0.4, -0.2) is 6.71 Å². The first-order valence-corrected chi connectivity index (χ1v) is 27.0. The molecule has 4 heteroatoms. The molecule has 0 unspecified atom stereocenters. The summed E-state index contributed by atoms with van der Waals surface area (Å²) in [6, 6.07) is 34.8. The molecule has 0 atom stereocenters. The van der Waals surface area contributed by atoms with Gasteiger partial charge in [0.15, 0.2) is 0 Å². The topological polar surface area (TPSA) is 19.6 Å². The lowest BCUT2D eigenvalue weighted by atomic mass is 9.35. The van der Waals surface area contributed by atoms with Crippen molar-refractivity contribution in [2.24, 2.45) is 0 Å². The maximum atomic E-state index is 10.4. The molecule has 8 aromatic rings. The van der Waals surface area contributed by atoms with Gasteiger partial charge in [0.05, 0.1) is 26.6 Å². The second-order valence-electron chi connectivity index (χ2n) is 25.0. The molecule has 7 aromatic carbocycles. The monoisotopic (exact) mass is 950 g/mol. The molecule has 0 saturated heterocycles. The van der Waals surface area contributed by atoms with E-state index in [0.29, 0.717) is 46.7 Å². The van der Waals surface area contributed by atoms with Gasteiger partial charge >= 0.3 is 0 Å². The fourth-order valence-corrected chi connectivity index (χ4v) is 13.4. The van der Waals surface area contributed by atoms with Crippen LogP contribution in [0, 0.1) is 0 Å². The van der Waals surface area contributed by atoms with Crippen molar-refractivity contribution in [3.8, 4) is 22.3 Å². The zero-order valence-corrected chi connectivity index (χ0v) is 43.8. The maximum absolute atomic E-state index is 10.4. The van der Waals surface area contributed by atoms with Crippen LogP contribution in [0.2, 0.25) is 0 Å². The number of benzene rings is 7. The van der Waals surface area contributed by atoms with Crippen molar-refractivity contribution in [3.63, 3.8) is 0 Å². The summed E-state index contributed by atoms with van der Waals surface area (Å²) in [4.78, 5) is 4.61. The van der Waals surface area contributed by atoms with E-state index in [9.17, 15) is 8.22 Å². The fraction of sp³-hybridized carbons (Fsp3) is 0.353. The lowest BCUT2D eigenvalue weighted by Gasteiger charge is -2.44. The van der Waals surface area contributed by atoms with E-state index in [4.69, 9.17) is 5.79 Å². The Balaban J connectivity index is 1.16. The largest absolute Gasteiger partial charge is 0.468 e. The van der Waals surface area contributed by atoms with Crippen LogP contribution in [0.1, 0.15) is 175 Å². The standard InChI is InChI=1S/C68H71BN2O/c1-65(2,3)47-23-18-22-45(38-47)44-28-32-50(33-29-44)70-57-40-48(66(4,5)6)31-34-55(57)69-62-58(70)41-49(67(7,8)9)42-59(62)71(63-52-39-46(43-20-12-10-13-21-43)30-35-60(52)72-64(63)69)56-27-19-26-54-61(56)51-24-14-15-25-53(51)68(54)36-16-11-17-37-68/h14-15,18-19,22-35,38-43H,10-13,16-17,20-21,36-37H2,1-9H3/i14D,15D,19D,24D,25D,26D,27D. The SMILES string of the molecule is [2H]c1c([2H])c([2H])c2c(c1[2H])-c1c(N3c4cc(C(C)(C)C)cc5c4B(c4ccc(C(C)(C)C)cc4N5c4ccc(-c5cccc(C(C)(C)C)c5)cc4)c4oc5ccc(C6CCCCC6)cc5c43)c([2H])c([2H])c([2H])c1C21CCCCC1. The number of furan rings is 1. The van der Waals surface area contributed by atoms with Gasteiger partial charge in [-0.3, -0.25) is 0 Å². The summed E-state index contributed by atoms with van der Waals surface area (Å²) in [6.07, 6.45) is 9.57. The number of rotatable bonds is 4. The Labute approximate surface area is 439 Å². The van der Waals surface area contributed by atoms with Crippen molar-refractivity contribution in [1.29, 1.82) is 0 Å². The summed E-state index contributed by atoms with van der Waals surface area (Å²) in [5, 5.41) is 0.906. The summed E-state index contributed by atoms with van der Waals surface area (Å²) in [7, 11) is 0. The molecule has 362 valence electrons. The van der Waals surface area contributed by atoms with Crippen LogP contribution < -0.4 is 26.4 Å². The molecule has 0 amide bonds. The van der Waals surface area contributed by atoms with Crippen LogP contribution in [0.5, 0.6) is 0 Å². The average Bonchev–Trinajstić information content (AvgIpc) is 3.09. The second-order valence-corrected chi connectivity index (χ2v) is 25.0. The van der Waals surface area contributed by atoms with Crippen LogP contribution >= 0.6 is 0 Å². The molecule has 3 aliphatic carbocycles. The van der Waals surface area contributed by atoms with Crippen molar-refractivity contribution < 1.29 is 14.0 Å². The van der Waals surface area contributed by atoms with Gasteiger partial charge < -0.3 is 14.2 Å². The predicted molar refractivity (Wildman–Crippen MR) is 307 cm³/mol. The molecule has 2 fully saturated rings. The first kappa shape index (κ1) is 38.4. The smallest absolute Gasteiger partial charge is 0.297 e. The lowest BCUT2D eigenvalue weighted by molar-refractivity contribution is 0.353. The van der Waals surface area contributed by atoms with Crippen LogP contribution in [-0.2, 0) is 21.7 Å². The molecule has 1 aromatic heterocycles. The molecule has 2 saturated carbocycles. The predicted octanol–water partition coefficient (Wildman–Crippen LogP) is 17.4. The Hall–Kier alpha value is -6.26. The number of fused-ring (bicyclic) bond motifs is 11. The van der Waals surface area contributed by atoms with E-state index >= 15 is 0 Å². The zero-order valence-electron chi connectivity index (χ0n) is 50.8. The minimum absolute atomic E-state index is 0.00569. The Morgan fingerprint density at radius 2 is 1.24 bits per heavy atom. The van der Waals surface area contributed by atoms with E-state index in [0.717, 1.165) is 105 Å². The third-order valence-electron chi connectivity index (χ3n) is 17.4. The minimum atomic E-state index is -0.935. The summed E-state index contributed by atoms with van der Waals surface area (Å²) >= 11 is 0. The quantitative estimate of drug-likeness (QED) is 0.164. The van der Waals surface area contributed by atoms with Gasteiger partial charge in [0, 0.05) is 39.1 Å². The number of hydrogen-bond donors (Lipinski definition) is 0. The molecular weight excluding hydrogens is 872 g/mol. The van der Waals surface area contributed by atoms with Crippen molar-refractivity contribution >= 4 is 68.4 Å². The van der Waals surface area contributed by atoms with Gasteiger partial charge in [-0.2, -0.15) is 0 Å². The molecule has 1 spiro atoms. The van der Waals surface area contributed by atoms with Gasteiger partial charge in [-0.1, -0.05) is 192 Å². The molecule has 0 bridgehead atoms. The summed E-state index contributed by atoms with van der Waals surface area (Å²) in [6.45, 7) is 19.9. The first-order valence-electron chi connectivity index (χ1n) is 30.5. The van der Waals surface area contributed by atoms with Gasteiger partial charge in [0.1, 0.15) is 5.58 Å². The van der Waals surface area contributed by atoms with Gasteiger partial charge in [-0.05, 0) is 157 Å². The van der Waals surface area contributed by atoms with Crippen molar-refractivity contribution in [2.75, 3.05) is 9.80 Å². The lowest BCUT2D eigenvalue weighted by Crippen LogP contribution is -2.61. The number of anilines is 6. The summed E-state index contributed by atoms with van der Waals surface area (Å²) in [5.74, 6) is 0.382. The minimum Gasteiger partial charge on any atom is -0.468 e. The molecule has 3 nitrogen and oxygen atoms in total. The second kappa shape index (κ2) is 16.4. The molecule has 0 radical (unpaired) electrons. The third-order valence-corrected chi connectivity index (χ3v) is 17.4. The van der Waals surface area contributed by atoms with Crippen molar-refractivity contribution in [2.45, 2.75) is 154 Å². The number of hydrogen-bond acceptors (Lipinski definition) is 3. The van der Waals surface area contributed by atoms with Crippen LogP contribution in [0.3, 0.4) is 0 Å². The van der Waals surface area contributed by atoms with E-state index < -0.39 is 12.1 Å². The Kier molecular flexibility index (Phi) is 8.73. The van der Waals surface area contributed by atoms with E-state index in [1.807, 2.05) is 0 Å². The highest BCUT2D eigenvalue weighted by molar-refractivity contribution is 7.00. The Morgan fingerprint density at radius 3 is 1.97 bits per heavy atom. The van der Waals surface area contributed by atoms with E-state index in [-0.39, 0.29) is 58.5 Å². The van der Waals surface area contributed by atoms with Gasteiger partial charge in [0.2, 0.25) is 0 Å². The highest BCUT2D eigenvalue weighted by atomic mass is 16.3. The van der Waals surface area contributed by atoms with E-state index in [2.05, 4.69) is 169 Å². The molecule has 2 aliphatic heterocycles. The maximum Gasteiger partial charge on any atom is 0.297 e. The van der Waals surface area contributed by atoms with Gasteiger partial charge in [0.25, 0.3) is 6.71 Å². The summed E-state index contributed by atoms with van der Waals surface area (Å²) in [5.41, 5.74) is 16.0. The molecule has 0 N–H and O–H groups in total.